The Morgan fingerprint density at radius 1 is 1.02 bits per heavy atom. The molecule has 3 aromatic rings. The van der Waals surface area contributed by atoms with E-state index in [2.05, 4.69) is 27.0 Å². The molecule has 1 aliphatic heterocycles. The number of aromatic nitrogens is 2. The highest BCUT2D eigenvalue weighted by atomic mass is 35.5. The van der Waals surface area contributed by atoms with Crippen LogP contribution in [0.25, 0.3) is 17.0 Å². The third-order valence-corrected chi connectivity index (χ3v) is 6.42. The fraction of sp³-hybridized carbons (Fsp3) is 0.292. The van der Waals surface area contributed by atoms with Crippen molar-refractivity contribution >= 4 is 63.6 Å². The second kappa shape index (κ2) is 14.8. The van der Waals surface area contributed by atoms with Gasteiger partial charge < -0.3 is 20.8 Å². The van der Waals surface area contributed by atoms with Crippen molar-refractivity contribution < 1.29 is 50.9 Å². The number of alkyl halides is 6. The number of rotatable bonds is 5. The maximum absolute atomic E-state index is 12.6. The summed E-state index contributed by atoms with van der Waals surface area (Å²) in [7, 11) is 0. The van der Waals surface area contributed by atoms with Gasteiger partial charge in [-0.3, -0.25) is 9.69 Å². The topological polar surface area (TPSA) is 150 Å². The number of aliphatic carboxylic acids is 2. The van der Waals surface area contributed by atoms with Gasteiger partial charge in [-0.25, -0.2) is 19.6 Å². The summed E-state index contributed by atoms with van der Waals surface area (Å²) in [4.78, 5) is 43.8. The SMILES string of the molecule is Nc1ncnc2cc(CN3CCN(C/C=C/c4ccc(Cl)s4)CC3=O)ccc12.O=C(O)C(F)(F)F.O=C(O)C(F)(F)F. The molecule has 228 valence electrons. The van der Waals surface area contributed by atoms with E-state index in [0.29, 0.717) is 25.5 Å². The number of thiophene rings is 1. The maximum Gasteiger partial charge on any atom is 0.490 e. The first-order chi connectivity index (χ1) is 19.5. The normalized spacial score (nSPS) is 14.3. The van der Waals surface area contributed by atoms with Crippen molar-refractivity contribution in [2.75, 3.05) is 31.9 Å². The van der Waals surface area contributed by atoms with Crippen molar-refractivity contribution in [1.29, 1.82) is 0 Å². The Hall–Kier alpha value is -3.96. The zero-order valence-corrected chi connectivity index (χ0v) is 22.8. The molecule has 18 heteroatoms. The van der Waals surface area contributed by atoms with Crippen LogP contribution >= 0.6 is 22.9 Å². The minimum Gasteiger partial charge on any atom is -0.475 e. The van der Waals surface area contributed by atoms with Crippen LogP contribution in [0.15, 0.2) is 42.7 Å². The molecule has 0 radical (unpaired) electrons. The number of carbonyl (C=O) groups excluding carboxylic acids is 1. The van der Waals surface area contributed by atoms with Crippen LogP contribution < -0.4 is 5.73 Å². The molecule has 1 aromatic carbocycles. The number of benzene rings is 1. The molecule has 1 fully saturated rings. The highest BCUT2D eigenvalue weighted by molar-refractivity contribution is 7.16. The lowest BCUT2D eigenvalue weighted by Gasteiger charge is -2.33. The summed E-state index contributed by atoms with van der Waals surface area (Å²) in [6.45, 7) is 3.32. The first kappa shape index (κ1) is 34.2. The predicted molar refractivity (Wildman–Crippen MR) is 142 cm³/mol. The minimum absolute atomic E-state index is 0.140. The van der Waals surface area contributed by atoms with Crippen LogP contribution in [0, 0.1) is 0 Å². The Balaban J connectivity index is 0.000000367. The van der Waals surface area contributed by atoms with Crippen LogP contribution in [0.1, 0.15) is 10.4 Å². The summed E-state index contributed by atoms with van der Waals surface area (Å²) in [5.74, 6) is -4.90. The number of fused-ring (bicyclic) bond motifs is 1. The van der Waals surface area contributed by atoms with E-state index in [0.717, 1.165) is 38.8 Å². The molecule has 1 aliphatic rings. The Morgan fingerprint density at radius 3 is 2.17 bits per heavy atom. The highest BCUT2D eigenvalue weighted by Crippen LogP contribution is 2.23. The third-order valence-electron chi connectivity index (χ3n) is 5.23. The fourth-order valence-electron chi connectivity index (χ4n) is 3.26. The van der Waals surface area contributed by atoms with Gasteiger partial charge in [-0.15, -0.1) is 11.3 Å². The summed E-state index contributed by atoms with van der Waals surface area (Å²) in [6.07, 6.45) is -4.57. The second-order valence-corrected chi connectivity index (χ2v) is 10.1. The van der Waals surface area contributed by atoms with Crippen LogP contribution in [0.5, 0.6) is 0 Å². The van der Waals surface area contributed by atoms with Crippen molar-refractivity contribution in [2.24, 2.45) is 0 Å². The molecule has 10 nitrogen and oxygen atoms in total. The molecular formula is C24H22ClF6N5O5S. The number of carboxylic acids is 2. The van der Waals surface area contributed by atoms with E-state index in [1.807, 2.05) is 35.2 Å². The monoisotopic (exact) mass is 641 g/mol. The standard InChI is InChI=1S/C20H20ClN5OS.2C2HF3O2/c21-18-6-4-15(28-18)2-1-7-25-8-9-26(19(27)12-25)11-14-3-5-16-17(10-14)23-13-24-20(16)22;2*3-2(4,5)1(6)7/h1-6,10,13H,7-9,11-12H2,(H2,22,23,24);2*(H,6,7)/b2-1+;;. The summed E-state index contributed by atoms with van der Waals surface area (Å²) >= 11 is 7.49. The number of amides is 1. The van der Waals surface area contributed by atoms with E-state index in [4.69, 9.17) is 37.1 Å². The number of hydrogen-bond donors (Lipinski definition) is 3. The molecule has 0 saturated carbocycles. The zero-order chi connectivity index (χ0) is 31.7. The molecule has 1 amide bonds. The number of nitrogens with two attached hydrogens (primary N) is 1. The molecule has 0 aliphatic carbocycles. The molecule has 0 unspecified atom stereocenters. The van der Waals surface area contributed by atoms with Gasteiger partial charge in [-0.2, -0.15) is 26.3 Å². The molecule has 2 aromatic heterocycles. The van der Waals surface area contributed by atoms with E-state index in [-0.39, 0.29) is 5.91 Å². The number of carbonyl (C=O) groups is 3. The molecule has 0 atom stereocenters. The van der Waals surface area contributed by atoms with Gasteiger partial charge in [0.2, 0.25) is 5.91 Å². The van der Waals surface area contributed by atoms with E-state index < -0.39 is 24.3 Å². The number of halogens is 7. The van der Waals surface area contributed by atoms with Gasteiger partial charge in [0.1, 0.15) is 12.1 Å². The quantitative estimate of drug-likeness (QED) is 0.341. The van der Waals surface area contributed by atoms with Gasteiger partial charge in [0.05, 0.1) is 16.4 Å². The average molecular weight is 642 g/mol. The number of anilines is 1. The molecule has 4 N–H and O–H groups in total. The average Bonchev–Trinajstić information content (AvgIpc) is 3.30. The summed E-state index contributed by atoms with van der Waals surface area (Å²) in [6, 6.07) is 9.76. The number of piperazine rings is 1. The largest absolute Gasteiger partial charge is 0.490 e. The molecule has 4 rings (SSSR count). The maximum atomic E-state index is 12.6. The molecule has 0 spiro atoms. The van der Waals surface area contributed by atoms with Crippen LogP contribution in [-0.2, 0) is 20.9 Å². The lowest BCUT2D eigenvalue weighted by Crippen LogP contribution is -2.49. The van der Waals surface area contributed by atoms with Gasteiger partial charge >= 0.3 is 24.3 Å². The Bertz CT molecular complexity index is 1410. The first-order valence-corrected chi connectivity index (χ1v) is 12.7. The smallest absolute Gasteiger partial charge is 0.475 e. The minimum atomic E-state index is -5.08. The van der Waals surface area contributed by atoms with Gasteiger partial charge in [0.15, 0.2) is 0 Å². The van der Waals surface area contributed by atoms with Crippen molar-refractivity contribution in [3.05, 3.63) is 57.5 Å². The molecule has 3 heterocycles. The Morgan fingerprint density at radius 2 is 1.64 bits per heavy atom. The van der Waals surface area contributed by atoms with Crippen LogP contribution in [-0.4, -0.2) is 86.4 Å². The van der Waals surface area contributed by atoms with Gasteiger partial charge in [-0.05, 0) is 35.9 Å². The number of hydrogen-bond acceptors (Lipinski definition) is 8. The highest BCUT2D eigenvalue weighted by Gasteiger charge is 2.38. The predicted octanol–water partition coefficient (Wildman–Crippen LogP) is 4.55. The van der Waals surface area contributed by atoms with Gasteiger partial charge in [0.25, 0.3) is 0 Å². The van der Waals surface area contributed by atoms with E-state index in [1.54, 1.807) is 11.3 Å². The van der Waals surface area contributed by atoms with E-state index >= 15 is 0 Å². The van der Waals surface area contributed by atoms with Gasteiger partial charge in [0, 0.05) is 36.4 Å². The number of nitrogens with zero attached hydrogens (tertiary/aromatic N) is 4. The van der Waals surface area contributed by atoms with Crippen molar-refractivity contribution in [2.45, 2.75) is 18.9 Å². The van der Waals surface area contributed by atoms with Crippen LogP contribution in [0.3, 0.4) is 0 Å². The molecule has 42 heavy (non-hydrogen) atoms. The lowest BCUT2D eigenvalue weighted by molar-refractivity contribution is -0.193. The molecule has 1 saturated heterocycles. The summed E-state index contributed by atoms with van der Waals surface area (Å²) in [5, 5.41) is 15.1. The number of carboxylic acid groups (broad SMARTS) is 2. The van der Waals surface area contributed by atoms with Crippen molar-refractivity contribution in [3.8, 4) is 0 Å². The van der Waals surface area contributed by atoms with E-state index in [1.165, 1.54) is 6.33 Å². The first-order valence-electron chi connectivity index (χ1n) is 11.5. The van der Waals surface area contributed by atoms with Gasteiger partial charge in [-0.1, -0.05) is 23.7 Å². The van der Waals surface area contributed by atoms with Crippen molar-refractivity contribution in [1.82, 2.24) is 19.8 Å². The zero-order valence-electron chi connectivity index (χ0n) is 21.2. The number of nitrogen functional groups attached to an aromatic ring is 1. The van der Waals surface area contributed by atoms with Crippen LogP contribution in [0.2, 0.25) is 4.34 Å². The molecular weight excluding hydrogens is 620 g/mol. The lowest BCUT2D eigenvalue weighted by atomic mass is 10.1. The second-order valence-electron chi connectivity index (χ2n) is 8.31. The van der Waals surface area contributed by atoms with E-state index in [9.17, 15) is 31.1 Å². The summed E-state index contributed by atoms with van der Waals surface area (Å²) in [5.41, 5.74) is 7.72. The fourth-order valence-corrected chi connectivity index (χ4v) is 4.25. The third kappa shape index (κ3) is 11.1. The van der Waals surface area contributed by atoms with Crippen LogP contribution in [0.4, 0.5) is 32.2 Å². The Kier molecular flexibility index (Phi) is 12.1. The van der Waals surface area contributed by atoms with Crippen molar-refractivity contribution in [3.63, 3.8) is 0 Å². The summed E-state index contributed by atoms with van der Waals surface area (Å²) < 4.78 is 64.3. The molecule has 0 bridgehead atoms. The Labute approximate surface area is 242 Å².